The van der Waals surface area contributed by atoms with Crippen molar-refractivity contribution < 1.29 is 146 Å². The van der Waals surface area contributed by atoms with Crippen molar-refractivity contribution in [1.82, 2.24) is 26.6 Å². The van der Waals surface area contributed by atoms with E-state index in [2.05, 4.69) is 54.3 Å². The first kappa shape index (κ1) is 105. The van der Waals surface area contributed by atoms with E-state index in [-0.39, 0.29) is 201 Å². The molecule has 5 amide bonds. The Morgan fingerprint density at radius 3 is 1.04 bits per heavy atom. The van der Waals surface area contributed by atoms with Crippen LogP contribution in [0.5, 0.6) is 0 Å². The van der Waals surface area contributed by atoms with Crippen LogP contribution in [0.1, 0.15) is 192 Å². The number of aliphatic hydroxyl groups is 9. The molecule has 110 heavy (non-hydrogen) atoms. The Morgan fingerprint density at radius 1 is 0.364 bits per heavy atom. The summed E-state index contributed by atoms with van der Waals surface area (Å²) in [6.07, 6.45) is -9.49. The maximum atomic E-state index is 14.0. The highest BCUT2D eigenvalue weighted by atomic mass is 16.7. The zero-order chi connectivity index (χ0) is 81.6. The Labute approximate surface area is 650 Å². The second-order valence-corrected chi connectivity index (χ2v) is 28.5. The average Bonchev–Trinajstić information content (AvgIpc) is 0.824. The number of ether oxygens (including phenoxy) is 13. The third kappa shape index (κ3) is 48.0. The summed E-state index contributed by atoms with van der Waals surface area (Å²) in [6, 6.07) is -3.32. The minimum absolute atomic E-state index is 0. The number of carbonyl (C=O) groups is 8. The largest absolute Gasteiger partial charge is 0.394 e. The molecule has 0 aliphatic carbocycles. The molecule has 0 bridgehead atoms. The number of nitrogens with one attached hydrogen (secondary N) is 5. The molecule has 0 aromatic rings. The van der Waals surface area contributed by atoms with Gasteiger partial charge in [0.05, 0.1) is 106 Å². The molecule has 3 fully saturated rings. The molecule has 15 unspecified atom stereocenters. The van der Waals surface area contributed by atoms with Gasteiger partial charge >= 0.3 is 0 Å². The molecule has 3 aliphatic heterocycles. The third-order valence-corrected chi connectivity index (χ3v) is 17.1. The van der Waals surface area contributed by atoms with E-state index >= 15 is 0 Å². The van der Waals surface area contributed by atoms with Gasteiger partial charge in [0.15, 0.2) is 18.9 Å². The van der Waals surface area contributed by atoms with E-state index < -0.39 is 147 Å². The van der Waals surface area contributed by atoms with Gasteiger partial charge in [-0.2, -0.15) is 0 Å². The molecule has 0 saturated carbocycles. The second kappa shape index (κ2) is 62.8. The van der Waals surface area contributed by atoms with E-state index in [4.69, 9.17) is 61.6 Å². The van der Waals surface area contributed by atoms with Crippen molar-refractivity contribution in [2.24, 2.45) is 5.41 Å². The van der Waals surface area contributed by atoms with Crippen molar-refractivity contribution in [2.75, 3.05) is 139 Å². The Morgan fingerprint density at radius 2 is 0.673 bits per heavy atom. The van der Waals surface area contributed by atoms with Gasteiger partial charge in [-0.1, -0.05) is 68.2 Å². The van der Waals surface area contributed by atoms with Crippen LogP contribution in [0.3, 0.4) is 0 Å². The van der Waals surface area contributed by atoms with E-state index in [1.165, 1.54) is 20.8 Å². The van der Waals surface area contributed by atoms with Crippen LogP contribution in [0.2, 0.25) is 0 Å². The molecule has 15 atom stereocenters. The summed E-state index contributed by atoms with van der Waals surface area (Å²) < 4.78 is 72.6. The zero-order valence-electron chi connectivity index (χ0n) is 66.3. The van der Waals surface area contributed by atoms with Crippen LogP contribution in [0, 0.1) is 5.41 Å². The molecule has 3 heterocycles. The van der Waals surface area contributed by atoms with Gasteiger partial charge in [-0.15, -0.1) is 0 Å². The Balaban J connectivity index is 0.0000142. The molecule has 3 rings (SSSR count). The summed E-state index contributed by atoms with van der Waals surface area (Å²) in [7, 11) is 1.66. The molecule has 35 nitrogen and oxygen atoms in total. The summed E-state index contributed by atoms with van der Waals surface area (Å²) in [6.45, 7) is 16.8. The molecule has 14 N–H and O–H groups in total. The highest BCUT2D eigenvalue weighted by molar-refractivity contribution is 5.82. The van der Waals surface area contributed by atoms with E-state index in [1.54, 1.807) is 7.11 Å². The normalized spacial score (nSPS) is 24.4. The number of unbranched alkanes of at least 4 members (excludes halogenated alkanes) is 4. The van der Waals surface area contributed by atoms with Gasteiger partial charge in [-0.3, -0.25) is 38.4 Å². The maximum Gasteiger partial charge on any atom is 0.220 e. The van der Waals surface area contributed by atoms with Crippen LogP contribution in [-0.2, 0) is 99.9 Å². The first-order valence-electron chi connectivity index (χ1n) is 38.6. The molecule has 35 heteroatoms. The van der Waals surface area contributed by atoms with Crippen molar-refractivity contribution in [3.63, 3.8) is 0 Å². The average molecular weight is 1590 g/mol. The van der Waals surface area contributed by atoms with E-state index in [9.17, 15) is 84.3 Å². The fourth-order valence-electron chi connectivity index (χ4n) is 11.5. The van der Waals surface area contributed by atoms with Crippen LogP contribution >= 0.6 is 0 Å². The van der Waals surface area contributed by atoms with Gasteiger partial charge < -0.3 is 134 Å². The molecule has 0 spiro atoms. The van der Waals surface area contributed by atoms with Gasteiger partial charge in [0.1, 0.15) is 90.4 Å². The SMILES string of the molecule is C.CC.CC(C)(C)C.COCCCCCCCC(=O)CCCC(=O)NC(CCC(=O)CCCOCCOCCOC1OC(CO)C(O)C(O)C1NC(C)=O)(CCC(=O)CCCOCCOCCOC1OC(CO)C(O)C(O)C1NC(C)=O)CCC(=O)NCCOCCOCCOC1OC(CO)C(O)C(O)C1NC(C)=O. The van der Waals surface area contributed by atoms with E-state index in [0.717, 1.165) is 32.1 Å². The Bertz CT molecular complexity index is 2240. The fraction of sp³-hybridized carbons (Fsp3) is 0.893. The molecule has 646 valence electrons. The molecule has 0 aromatic heterocycles. The number of methoxy groups -OCH3 is 1. The summed E-state index contributed by atoms with van der Waals surface area (Å²) >= 11 is 0. The summed E-state index contributed by atoms with van der Waals surface area (Å²) in [4.78, 5) is 103. The molecular weight excluding hydrogens is 1450 g/mol. The van der Waals surface area contributed by atoms with Crippen LogP contribution in [0.25, 0.3) is 0 Å². The topological polar surface area (TPSA) is 499 Å². The fourth-order valence-corrected chi connectivity index (χ4v) is 11.5. The van der Waals surface area contributed by atoms with E-state index in [1.807, 2.05) is 13.8 Å². The highest BCUT2D eigenvalue weighted by Gasteiger charge is 2.48. The summed E-state index contributed by atoms with van der Waals surface area (Å²) in [5, 5.41) is 104. The predicted molar refractivity (Wildman–Crippen MR) is 401 cm³/mol. The van der Waals surface area contributed by atoms with Crippen LogP contribution < -0.4 is 26.6 Å². The van der Waals surface area contributed by atoms with Crippen molar-refractivity contribution in [3.8, 4) is 0 Å². The highest BCUT2D eigenvalue weighted by Crippen LogP contribution is 2.29. The first-order chi connectivity index (χ1) is 52.0. The quantitative estimate of drug-likeness (QED) is 0.0367. The lowest BCUT2D eigenvalue weighted by molar-refractivity contribution is -0.272. The lowest BCUT2D eigenvalue weighted by Gasteiger charge is -2.42. The zero-order valence-corrected chi connectivity index (χ0v) is 66.3. The second-order valence-electron chi connectivity index (χ2n) is 28.5. The Kier molecular flexibility index (Phi) is 60.2. The first-order valence-corrected chi connectivity index (χ1v) is 38.6. The monoisotopic (exact) mass is 1590 g/mol. The Hall–Kier alpha value is -4.52. The lowest BCUT2D eigenvalue weighted by atomic mass is 9.81. The van der Waals surface area contributed by atoms with Crippen molar-refractivity contribution in [3.05, 3.63) is 0 Å². The smallest absolute Gasteiger partial charge is 0.220 e. The van der Waals surface area contributed by atoms with Gasteiger partial charge in [-0.25, -0.2) is 0 Å². The maximum absolute atomic E-state index is 14.0. The van der Waals surface area contributed by atoms with Crippen LogP contribution in [-0.4, -0.2) is 329 Å². The molecule has 0 radical (unpaired) electrons. The van der Waals surface area contributed by atoms with E-state index in [0.29, 0.717) is 31.3 Å². The minimum Gasteiger partial charge on any atom is -0.394 e. The summed E-state index contributed by atoms with van der Waals surface area (Å²) in [5.74, 6) is -2.57. The van der Waals surface area contributed by atoms with Crippen molar-refractivity contribution in [2.45, 2.75) is 289 Å². The minimum atomic E-state index is -1.47. The lowest BCUT2D eigenvalue weighted by Crippen LogP contribution is -2.64. The standard InChI is InChI=1S/C67H119N5O30.C5H12.C2H6.CH4/c1-44(76)69-55-61(87)58(84)50(41-73)100-64(55)97-38-35-94-32-29-91-26-11-15-48(80)18-21-67(72-54(83)17-10-14-47(79)13-8-6-5-7-9-25-90-4,22-19-49(81)16-12-27-92-30-33-95-36-39-98-65-56(70-45(2)77)62(88)59(85)51(42-74)101-65)23-20-53(82)68-24-28-93-31-34-96-37-40-99-66-57(71-46(3)78)63(89)60(86)52(43-75)102-66;1-5(2,3)4;1-2;/h50-52,55-66,73-75,84-89H,5-43H2,1-4H3,(H,68,82)(H,69,76)(H,70,77)(H,71,78)(H,72,83);1-4H3;1-2H3;1H4. The van der Waals surface area contributed by atoms with Gasteiger partial charge in [0.25, 0.3) is 0 Å². The number of rotatable bonds is 60. The molecule has 3 saturated heterocycles. The van der Waals surface area contributed by atoms with Crippen LogP contribution in [0.4, 0.5) is 0 Å². The number of ketones is 3. The van der Waals surface area contributed by atoms with Gasteiger partial charge in [-0.05, 0) is 56.8 Å². The van der Waals surface area contributed by atoms with Crippen molar-refractivity contribution in [1.29, 1.82) is 0 Å². The molecule has 3 aliphatic rings. The third-order valence-electron chi connectivity index (χ3n) is 17.1. The summed E-state index contributed by atoms with van der Waals surface area (Å²) in [5.41, 5.74) is -0.722. The number of hydrogen-bond donors (Lipinski definition) is 14. The molecule has 0 aromatic carbocycles. The number of hydrogen-bond acceptors (Lipinski definition) is 30. The number of carbonyl (C=O) groups excluding carboxylic acids is 8. The van der Waals surface area contributed by atoms with Crippen LogP contribution in [0.15, 0.2) is 0 Å². The number of amides is 5. The number of Topliss-reactive ketones (excluding diaryl/α,β-unsaturated/α-hetero) is 3. The van der Waals surface area contributed by atoms with Gasteiger partial charge in [0.2, 0.25) is 29.5 Å². The van der Waals surface area contributed by atoms with Crippen molar-refractivity contribution >= 4 is 46.9 Å². The number of aliphatic hydroxyl groups excluding tert-OH is 9. The molecular formula is C75H141N5O30. The van der Waals surface area contributed by atoms with Gasteiger partial charge in [0, 0.05) is 111 Å². The predicted octanol–water partition coefficient (Wildman–Crippen LogP) is 0.418.